The summed E-state index contributed by atoms with van der Waals surface area (Å²) in [5.74, 6) is -1.67. The standard InChI is InChI=1S/C21H19Cl2NO4/c1-12-3-5-13(6-4-12)19(25)17-18(14-7-8-15(22)16(23)11-14)24(9-10-28-2)21(27)20(17)26/h3-8,11,18,25H,9-10H2,1-2H3/b19-17+/t18-/m1/s1. The minimum absolute atomic E-state index is 0.0170. The molecular weight excluding hydrogens is 401 g/mol. The molecule has 146 valence electrons. The lowest BCUT2D eigenvalue weighted by Gasteiger charge is -2.25. The third-order valence-electron chi connectivity index (χ3n) is 4.66. The molecule has 0 unspecified atom stereocenters. The van der Waals surface area contributed by atoms with Gasteiger partial charge in [-0.25, -0.2) is 0 Å². The van der Waals surface area contributed by atoms with Crippen molar-refractivity contribution in [2.24, 2.45) is 0 Å². The molecule has 1 atom stereocenters. The summed E-state index contributed by atoms with van der Waals surface area (Å²) in [7, 11) is 1.51. The molecule has 0 bridgehead atoms. The molecule has 0 radical (unpaired) electrons. The number of carbonyl (C=O) groups is 2. The first-order valence-corrected chi connectivity index (χ1v) is 9.40. The maximum atomic E-state index is 12.8. The van der Waals surface area contributed by atoms with E-state index in [-0.39, 0.29) is 24.5 Å². The van der Waals surface area contributed by atoms with Crippen molar-refractivity contribution in [2.45, 2.75) is 13.0 Å². The summed E-state index contributed by atoms with van der Waals surface area (Å²) in [5, 5.41) is 11.5. The van der Waals surface area contributed by atoms with Crippen molar-refractivity contribution < 1.29 is 19.4 Å². The number of hydrogen-bond donors (Lipinski definition) is 1. The Labute approximate surface area is 173 Å². The van der Waals surface area contributed by atoms with Crippen molar-refractivity contribution in [2.75, 3.05) is 20.3 Å². The number of rotatable bonds is 5. The number of methoxy groups -OCH3 is 1. The highest BCUT2D eigenvalue weighted by Gasteiger charge is 2.45. The van der Waals surface area contributed by atoms with Crippen molar-refractivity contribution >= 4 is 40.7 Å². The zero-order valence-electron chi connectivity index (χ0n) is 15.4. The second kappa shape index (κ2) is 8.35. The predicted octanol–water partition coefficient (Wildman–Crippen LogP) is 4.37. The molecule has 1 aliphatic heterocycles. The second-order valence-corrected chi connectivity index (χ2v) is 7.34. The third kappa shape index (κ3) is 3.78. The largest absolute Gasteiger partial charge is 0.507 e. The molecule has 0 saturated carbocycles. The monoisotopic (exact) mass is 419 g/mol. The number of Topliss-reactive ketones (excluding diaryl/α,β-unsaturated/α-hetero) is 1. The van der Waals surface area contributed by atoms with Gasteiger partial charge in [0.25, 0.3) is 11.7 Å². The third-order valence-corrected chi connectivity index (χ3v) is 5.40. The quantitative estimate of drug-likeness (QED) is 0.443. The SMILES string of the molecule is COCCN1C(=O)C(=O)/C(=C(/O)c2ccc(C)cc2)[C@H]1c1ccc(Cl)c(Cl)c1. The highest BCUT2D eigenvalue weighted by Crippen LogP contribution is 2.40. The molecule has 0 spiro atoms. The molecule has 1 aliphatic rings. The van der Waals surface area contributed by atoms with Crippen LogP contribution in [0.2, 0.25) is 10.0 Å². The normalized spacial score (nSPS) is 18.7. The van der Waals surface area contributed by atoms with Crippen molar-refractivity contribution in [1.29, 1.82) is 0 Å². The maximum Gasteiger partial charge on any atom is 0.295 e. The van der Waals surface area contributed by atoms with E-state index in [1.54, 1.807) is 30.3 Å². The summed E-state index contributed by atoms with van der Waals surface area (Å²) >= 11 is 12.2. The lowest BCUT2D eigenvalue weighted by Crippen LogP contribution is -2.32. The van der Waals surface area contributed by atoms with Gasteiger partial charge < -0.3 is 14.7 Å². The minimum atomic E-state index is -0.786. The van der Waals surface area contributed by atoms with Crippen LogP contribution in [-0.2, 0) is 14.3 Å². The highest BCUT2D eigenvalue weighted by molar-refractivity contribution is 6.46. The number of ketones is 1. The fourth-order valence-corrected chi connectivity index (χ4v) is 3.50. The smallest absolute Gasteiger partial charge is 0.295 e. The van der Waals surface area contributed by atoms with Crippen molar-refractivity contribution in [3.05, 3.63) is 74.8 Å². The van der Waals surface area contributed by atoms with E-state index in [1.165, 1.54) is 12.0 Å². The molecule has 2 aromatic carbocycles. The van der Waals surface area contributed by atoms with Crippen LogP contribution in [0.5, 0.6) is 0 Å². The zero-order chi connectivity index (χ0) is 20.4. The number of amides is 1. The molecule has 1 saturated heterocycles. The Hall–Kier alpha value is -2.34. The summed E-state index contributed by atoms with van der Waals surface area (Å²) in [6.45, 7) is 2.36. The molecule has 5 nitrogen and oxygen atoms in total. The van der Waals surface area contributed by atoms with Crippen LogP contribution in [0.3, 0.4) is 0 Å². The number of aliphatic hydroxyl groups excluding tert-OH is 1. The molecule has 1 amide bonds. The van der Waals surface area contributed by atoms with Gasteiger partial charge in [0.15, 0.2) is 0 Å². The summed E-state index contributed by atoms with van der Waals surface area (Å²) in [5.41, 5.74) is 2.07. The van der Waals surface area contributed by atoms with E-state index in [0.29, 0.717) is 21.2 Å². The highest BCUT2D eigenvalue weighted by atomic mass is 35.5. The Morgan fingerprint density at radius 1 is 1.11 bits per heavy atom. The summed E-state index contributed by atoms with van der Waals surface area (Å²) in [6, 6.07) is 11.2. The van der Waals surface area contributed by atoms with Gasteiger partial charge >= 0.3 is 0 Å². The first-order valence-electron chi connectivity index (χ1n) is 8.64. The molecule has 0 aromatic heterocycles. The van der Waals surface area contributed by atoms with Crippen molar-refractivity contribution in [3.8, 4) is 0 Å². The lowest BCUT2D eigenvalue weighted by atomic mass is 9.95. The van der Waals surface area contributed by atoms with Gasteiger partial charge in [-0.15, -0.1) is 0 Å². The average molecular weight is 420 g/mol. The van der Waals surface area contributed by atoms with E-state index < -0.39 is 17.7 Å². The van der Waals surface area contributed by atoms with E-state index in [1.807, 2.05) is 19.1 Å². The Morgan fingerprint density at radius 2 is 1.79 bits per heavy atom. The Balaban J connectivity index is 2.17. The van der Waals surface area contributed by atoms with Gasteiger partial charge in [0.1, 0.15) is 5.76 Å². The van der Waals surface area contributed by atoms with Crippen molar-refractivity contribution in [1.82, 2.24) is 4.90 Å². The number of benzene rings is 2. The van der Waals surface area contributed by atoms with Crippen LogP contribution < -0.4 is 0 Å². The van der Waals surface area contributed by atoms with Gasteiger partial charge in [-0.1, -0.05) is 59.1 Å². The Bertz CT molecular complexity index is 953. The molecule has 28 heavy (non-hydrogen) atoms. The van der Waals surface area contributed by atoms with Gasteiger partial charge in [0, 0.05) is 19.2 Å². The van der Waals surface area contributed by atoms with Gasteiger partial charge in [0.2, 0.25) is 0 Å². The first-order chi connectivity index (χ1) is 13.3. The summed E-state index contributed by atoms with van der Waals surface area (Å²) < 4.78 is 5.08. The molecular formula is C21H19Cl2NO4. The molecule has 1 fully saturated rings. The number of nitrogens with zero attached hydrogens (tertiary/aromatic N) is 1. The zero-order valence-corrected chi connectivity index (χ0v) is 16.9. The fraction of sp³-hybridized carbons (Fsp3) is 0.238. The summed E-state index contributed by atoms with van der Waals surface area (Å²) in [6.07, 6.45) is 0. The Kier molecular flexibility index (Phi) is 6.08. The molecule has 1 heterocycles. The number of likely N-dealkylation sites (tertiary alicyclic amines) is 1. The minimum Gasteiger partial charge on any atom is -0.507 e. The molecule has 3 rings (SSSR count). The van der Waals surface area contributed by atoms with Crippen LogP contribution in [0.4, 0.5) is 0 Å². The van der Waals surface area contributed by atoms with Crippen LogP contribution in [0, 0.1) is 6.92 Å². The van der Waals surface area contributed by atoms with E-state index in [4.69, 9.17) is 27.9 Å². The van der Waals surface area contributed by atoms with Crippen LogP contribution in [0.15, 0.2) is 48.0 Å². The van der Waals surface area contributed by atoms with E-state index in [2.05, 4.69) is 0 Å². The van der Waals surface area contributed by atoms with Gasteiger partial charge in [0.05, 0.1) is 28.3 Å². The predicted molar refractivity (Wildman–Crippen MR) is 109 cm³/mol. The van der Waals surface area contributed by atoms with Crippen molar-refractivity contribution in [3.63, 3.8) is 0 Å². The van der Waals surface area contributed by atoms with Gasteiger partial charge in [-0.3, -0.25) is 9.59 Å². The first kappa shape index (κ1) is 20.4. The van der Waals surface area contributed by atoms with Gasteiger partial charge in [-0.05, 0) is 24.6 Å². The lowest BCUT2D eigenvalue weighted by molar-refractivity contribution is -0.140. The molecule has 1 N–H and O–H groups in total. The van der Waals surface area contributed by atoms with E-state index in [9.17, 15) is 14.7 Å². The molecule has 2 aromatic rings. The van der Waals surface area contributed by atoms with Crippen LogP contribution in [-0.4, -0.2) is 42.0 Å². The average Bonchev–Trinajstić information content (AvgIpc) is 2.93. The number of ether oxygens (including phenoxy) is 1. The van der Waals surface area contributed by atoms with E-state index in [0.717, 1.165) is 5.56 Å². The number of aliphatic hydroxyl groups is 1. The molecule has 0 aliphatic carbocycles. The number of hydrogen-bond acceptors (Lipinski definition) is 4. The summed E-state index contributed by atoms with van der Waals surface area (Å²) in [4.78, 5) is 26.8. The van der Waals surface area contributed by atoms with E-state index >= 15 is 0 Å². The topological polar surface area (TPSA) is 66.8 Å². The number of aryl methyl sites for hydroxylation is 1. The van der Waals surface area contributed by atoms with Gasteiger partial charge in [-0.2, -0.15) is 0 Å². The van der Waals surface area contributed by atoms with Crippen LogP contribution >= 0.6 is 23.2 Å². The van der Waals surface area contributed by atoms with Crippen LogP contribution in [0.1, 0.15) is 22.7 Å². The Morgan fingerprint density at radius 3 is 2.39 bits per heavy atom. The number of carbonyl (C=O) groups excluding carboxylic acids is 2. The molecule has 7 heteroatoms. The van der Waals surface area contributed by atoms with Crippen LogP contribution in [0.25, 0.3) is 5.76 Å². The number of halogens is 2. The fourth-order valence-electron chi connectivity index (χ4n) is 3.20. The maximum absolute atomic E-state index is 12.8. The second-order valence-electron chi connectivity index (χ2n) is 6.52.